The number of terminal acetylenes is 1. The molecule has 0 aromatic heterocycles. The normalized spacial score (nSPS) is 10.6. The highest BCUT2D eigenvalue weighted by molar-refractivity contribution is 9.10. The number of carbonyl (C=O) groups excluding carboxylic acids is 1. The van der Waals surface area contributed by atoms with Gasteiger partial charge in [-0.25, -0.2) is 0 Å². The molecule has 0 fully saturated rings. The average Bonchev–Trinajstić information content (AvgIpc) is 2.75. The van der Waals surface area contributed by atoms with Crippen LogP contribution in [0, 0.1) is 23.7 Å². The van der Waals surface area contributed by atoms with Crippen LogP contribution < -0.4 is 14.8 Å². The molecule has 0 saturated carbocycles. The Morgan fingerprint density at radius 3 is 2.70 bits per heavy atom. The number of halogens is 1. The Morgan fingerprint density at radius 1 is 1.27 bits per heavy atom. The lowest BCUT2D eigenvalue weighted by atomic mass is 10.1. The van der Waals surface area contributed by atoms with E-state index in [-0.39, 0.29) is 12.2 Å². The fourth-order valence-corrected chi connectivity index (χ4v) is 3.31. The molecule has 5 nitrogen and oxygen atoms in total. The number of aryl methyl sites for hydroxylation is 1. The van der Waals surface area contributed by atoms with Crippen LogP contribution >= 0.6 is 15.9 Å². The van der Waals surface area contributed by atoms with Crippen LogP contribution in [0.15, 0.2) is 52.5 Å². The molecule has 0 radical (unpaired) electrons. The van der Waals surface area contributed by atoms with Crippen LogP contribution in [0.4, 0.5) is 0 Å². The zero-order chi connectivity index (χ0) is 21.8. The topological polar surface area (TPSA) is 71.3 Å². The summed E-state index contributed by atoms with van der Waals surface area (Å²) in [6, 6.07) is 15.5. The number of nitrogens with one attached hydrogen (secondary N) is 1. The van der Waals surface area contributed by atoms with Gasteiger partial charge in [-0.05, 0) is 65.0 Å². The van der Waals surface area contributed by atoms with Gasteiger partial charge in [0.15, 0.2) is 11.5 Å². The number of rotatable bonds is 10. The lowest BCUT2D eigenvalue weighted by Gasteiger charge is -2.13. The summed E-state index contributed by atoms with van der Waals surface area (Å²) in [4.78, 5) is 12.4. The van der Waals surface area contributed by atoms with E-state index in [0.29, 0.717) is 34.7 Å². The number of hydrogen-bond acceptors (Lipinski definition) is 4. The molecule has 0 aliphatic carbocycles. The highest BCUT2D eigenvalue weighted by Crippen LogP contribution is 2.37. The lowest BCUT2D eigenvalue weighted by Crippen LogP contribution is -2.25. The molecule has 0 aliphatic rings. The number of nitriles is 1. The summed E-state index contributed by atoms with van der Waals surface area (Å²) in [7, 11) is 0. The highest BCUT2D eigenvalue weighted by atomic mass is 79.9. The van der Waals surface area contributed by atoms with Gasteiger partial charge in [0.05, 0.1) is 11.1 Å². The number of ether oxygens (including phenoxy) is 2. The van der Waals surface area contributed by atoms with Crippen molar-refractivity contribution in [1.82, 2.24) is 5.32 Å². The molecule has 0 saturated heterocycles. The molecule has 0 unspecified atom stereocenters. The summed E-state index contributed by atoms with van der Waals surface area (Å²) >= 11 is 3.43. The maximum atomic E-state index is 12.4. The molecule has 0 spiro atoms. The average molecular weight is 467 g/mol. The summed E-state index contributed by atoms with van der Waals surface area (Å²) in [5.74, 6) is 2.96. The summed E-state index contributed by atoms with van der Waals surface area (Å²) in [5, 5.41) is 12.2. The Balaban J connectivity index is 2.07. The summed E-state index contributed by atoms with van der Waals surface area (Å²) in [6.45, 7) is 2.87. The first-order chi connectivity index (χ1) is 14.6. The summed E-state index contributed by atoms with van der Waals surface area (Å²) < 4.78 is 11.8. The van der Waals surface area contributed by atoms with E-state index in [1.165, 1.54) is 11.6 Å². The first-order valence-corrected chi connectivity index (χ1v) is 10.3. The van der Waals surface area contributed by atoms with Crippen LogP contribution in [0.25, 0.3) is 6.08 Å². The minimum absolute atomic E-state index is 0.0151. The van der Waals surface area contributed by atoms with Crippen LogP contribution in [0.1, 0.15) is 24.5 Å². The predicted molar refractivity (Wildman–Crippen MR) is 121 cm³/mol. The van der Waals surface area contributed by atoms with E-state index in [2.05, 4.69) is 27.2 Å². The number of hydrogen-bond donors (Lipinski definition) is 1. The quantitative estimate of drug-likeness (QED) is 0.242. The summed E-state index contributed by atoms with van der Waals surface area (Å²) in [6.07, 6.45) is 8.42. The first kappa shape index (κ1) is 23.1. The molecule has 6 heteroatoms. The van der Waals surface area contributed by atoms with Crippen molar-refractivity contribution in [2.75, 3.05) is 19.8 Å². The molecule has 0 aliphatic heterocycles. The fourth-order valence-electron chi connectivity index (χ4n) is 2.74. The van der Waals surface area contributed by atoms with E-state index < -0.39 is 5.91 Å². The largest absolute Gasteiger partial charge is 0.490 e. The van der Waals surface area contributed by atoms with Gasteiger partial charge in [-0.15, -0.1) is 6.42 Å². The van der Waals surface area contributed by atoms with E-state index >= 15 is 0 Å². The molecule has 2 rings (SSSR count). The van der Waals surface area contributed by atoms with Crippen LogP contribution in [0.2, 0.25) is 0 Å². The van der Waals surface area contributed by atoms with Crippen molar-refractivity contribution in [2.24, 2.45) is 0 Å². The van der Waals surface area contributed by atoms with Crippen molar-refractivity contribution in [2.45, 2.75) is 19.8 Å². The van der Waals surface area contributed by atoms with Gasteiger partial charge in [-0.3, -0.25) is 4.79 Å². The van der Waals surface area contributed by atoms with Crippen molar-refractivity contribution in [3.8, 4) is 29.9 Å². The molecule has 30 heavy (non-hydrogen) atoms. The third-order valence-corrected chi connectivity index (χ3v) is 4.67. The van der Waals surface area contributed by atoms with Crippen molar-refractivity contribution >= 4 is 27.9 Å². The van der Waals surface area contributed by atoms with E-state index in [0.717, 1.165) is 12.8 Å². The van der Waals surface area contributed by atoms with E-state index in [1.54, 1.807) is 12.1 Å². The predicted octanol–water partition coefficient (Wildman–Crippen LogP) is 4.52. The Kier molecular flexibility index (Phi) is 9.51. The maximum absolute atomic E-state index is 12.4. The van der Waals surface area contributed by atoms with E-state index in [9.17, 15) is 10.1 Å². The second kappa shape index (κ2) is 12.4. The Labute approximate surface area is 185 Å². The summed E-state index contributed by atoms with van der Waals surface area (Å²) in [5.41, 5.74) is 1.86. The molecular formula is C24H23BrN2O3. The molecule has 2 aromatic rings. The number of nitrogens with zero attached hydrogens (tertiary/aromatic N) is 1. The SMILES string of the molecule is C#CCOc1c(Br)cc(/C=C(/C#N)C(=O)NCCCc2ccccc2)cc1OCC. The minimum Gasteiger partial charge on any atom is -0.490 e. The minimum atomic E-state index is -0.410. The third kappa shape index (κ3) is 6.99. The maximum Gasteiger partial charge on any atom is 0.261 e. The Bertz CT molecular complexity index is 972. The zero-order valence-corrected chi connectivity index (χ0v) is 18.4. The Hall–Kier alpha value is -3.22. The molecule has 1 N–H and O–H groups in total. The smallest absolute Gasteiger partial charge is 0.261 e. The van der Waals surface area contributed by atoms with Gasteiger partial charge in [0, 0.05) is 6.54 Å². The Morgan fingerprint density at radius 2 is 2.03 bits per heavy atom. The van der Waals surface area contributed by atoms with Crippen molar-refractivity contribution in [3.63, 3.8) is 0 Å². The monoisotopic (exact) mass is 466 g/mol. The number of benzene rings is 2. The fraction of sp³-hybridized carbons (Fsp3) is 0.250. The number of amides is 1. The van der Waals surface area contributed by atoms with Gasteiger partial charge in [-0.2, -0.15) is 5.26 Å². The number of carbonyl (C=O) groups is 1. The molecule has 2 aromatic carbocycles. The highest BCUT2D eigenvalue weighted by Gasteiger charge is 2.14. The van der Waals surface area contributed by atoms with Gasteiger partial charge >= 0.3 is 0 Å². The molecule has 0 atom stereocenters. The van der Waals surface area contributed by atoms with Gasteiger partial charge in [0.2, 0.25) is 0 Å². The van der Waals surface area contributed by atoms with Crippen LogP contribution in [0.3, 0.4) is 0 Å². The van der Waals surface area contributed by atoms with Crippen LogP contribution in [-0.4, -0.2) is 25.7 Å². The van der Waals surface area contributed by atoms with Gasteiger partial charge in [-0.1, -0.05) is 36.3 Å². The third-order valence-electron chi connectivity index (χ3n) is 4.08. The van der Waals surface area contributed by atoms with Crippen molar-refractivity contribution in [3.05, 3.63) is 63.6 Å². The molecular weight excluding hydrogens is 444 g/mol. The van der Waals surface area contributed by atoms with Crippen LogP contribution in [0.5, 0.6) is 11.5 Å². The molecule has 1 amide bonds. The standard InChI is InChI=1S/C24H23BrN2O3/c1-3-13-30-23-21(25)15-19(16-22(23)29-4-2)14-20(17-26)24(28)27-12-8-11-18-9-6-5-7-10-18/h1,5-7,9-10,14-16H,4,8,11-13H2,2H3,(H,27,28)/b20-14-. The van der Waals surface area contributed by atoms with Gasteiger partial charge in [0.25, 0.3) is 5.91 Å². The van der Waals surface area contributed by atoms with Gasteiger partial charge in [0.1, 0.15) is 18.2 Å². The molecule has 0 heterocycles. The van der Waals surface area contributed by atoms with E-state index in [4.69, 9.17) is 15.9 Å². The first-order valence-electron chi connectivity index (χ1n) is 9.55. The molecule has 154 valence electrons. The van der Waals surface area contributed by atoms with Gasteiger partial charge < -0.3 is 14.8 Å². The van der Waals surface area contributed by atoms with E-state index in [1.807, 2.05) is 43.3 Å². The van der Waals surface area contributed by atoms with Crippen molar-refractivity contribution in [1.29, 1.82) is 5.26 Å². The molecule has 0 bridgehead atoms. The second-order valence-corrected chi connectivity index (χ2v) is 7.13. The second-order valence-electron chi connectivity index (χ2n) is 6.27. The van der Waals surface area contributed by atoms with Crippen molar-refractivity contribution < 1.29 is 14.3 Å². The van der Waals surface area contributed by atoms with Crippen LogP contribution in [-0.2, 0) is 11.2 Å². The zero-order valence-electron chi connectivity index (χ0n) is 16.8. The lowest BCUT2D eigenvalue weighted by molar-refractivity contribution is -0.117.